The van der Waals surface area contributed by atoms with E-state index in [1.54, 1.807) is 0 Å². The third-order valence-corrected chi connectivity index (χ3v) is 3.43. The van der Waals surface area contributed by atoms with Gasteiger partial charge in [-0.15, -0.1) is 0 Å². The molecule has 0 bridgehead atoms. The van der Waals surface area contributed by atoms with Gasteiger partial charge in [-0.05, 0) is 31.0 Å². The van der Waals surface area contributed by atoms with Gasteiger partial charge in [-0.3, -0.25) is 11.1 Å². The van der Waals surface area contributed by atoms with E-state index in [9.17, 15) is 0 Å². The number of nitrogen functional groups attached to an aromatic ring is 1. The summed E-state index contributed by atoms with van der Waals surface area (Å²) in [4.78, 5) is 14.8. The molecule has 1 saturated heterocycles. The molecular weight excluding hydrogens is 250 g/mol. The zero-order chi connectivity index (χ0) is 13.0. The van der Waals surface area contributed by atoms with Crippen LogP contribution < -0.4 is 21.8 Å². The zero-order valence-electron chi connectivity index (χ0n) is 10.2. The fourth-order valence-electron chi connectivity index (χ4n) is 1.87. The van der Waals surface area contributed by atoms with E-state index in [2.05, 4.69) is 19.9 Å². The lowest BCUT2D eigenvalue weighted by atomic mass is 10.1. The van der Waals surface area contributed by atoms with Gasteiger partial charge in [-0.1, -0.05) is 0 Å². The summed E-state index contributed by atoms with van der Waals surface area (Å²) >= 11 is 1.29. The summed E-state index contributed by atoms with van der Waals surface area (Å²) in [5.74, 6) is 2.03. The molecular formula is C10H18N7S+. The Morgan fingerprint density at radius 1 is 1.22 bits per heavy atom. The first kappa shape index (κ1) is 12.9. The highest BCUT2D eigenvalue weighted by molar-refractivity contribution is 8.12. The van der Waals surface area contributed by atoms with Gasteiger partial charge in [0.15, 0.2) is 0 Å². The van der Waals surface area contributed by atoms with Crippen molar-refractivity contribution < 1.29 is 5.41 Å². The van der Waals surface area contributed by atoms with Crippen molar-refractivity contribution in [3.8, 4) is 0 Å². The van der Waals surface area contributed by atoms with Gasteiger partial charge in [0.2, 0.25) is 11.9 Å². The number of hydrogen-bond donors (Lipinski definition) is 3. The lowest BCUT2D eigenvalue weighted by Crippen LogP contribution is -2.43. The van der Waals surface area contributed by atoms with Gasteiger partial charge in [0.05, 0.1) is 5.75 Å². The molecule has 1 aliphatic heterocycles. The minimum Gasteiger partial charge on any atom is -0.368 e. The third-order valence-electron chi connectivity index (χ3n) is 2.69. The number of piperidine rings is 1. The Hall–Kier alpha value is -1.57. The monoisotopic (exact) mass is 268 g/mol. The summed E-state index contributed by atoms with van der Waals surface area (Å²) in [5.41, 5.74) is 11.1. The van der Waals surface area contributed by atoms with E-state index in [4.69, 9.17) is 16.9 Å². The summed E-state index contributed by atoms with van der Waals surface area (Å²) in [6.07, 6.45) is 3.59. The number of thioether (sulfide) groups is 1. The lowest BCUT2D eigenvalue weighted by Gasteiger charge is -2.26. The summed E-state index contributed by atoms with van der Waals surface area (Å²) in [7, 11) is 0. The number of rotatable bonds is 3. The average molecular weight is 268 g/mol. The van der Waals surface area contributed by atoms with Crippen molar-refractivity contribution in [2.24, 2.45) is 5.73 Å². The minimum atomic E-state index is 0.247. The largest absolute Gasteiger partial charge is 0.368 e. The molecule has 0 saturated carbocycles. The molecule has 1 fully saturated rings. The average Bonchev–Trinajstić information content (AvgIpc) is 2.37. The number of nitrogens with two attached hydrogens (primary N) is 3. The van der Waals surface area contributed by atoms with Crippen LogP contribution in [-0.2, 0) is 5.75 Å². The Morgan fingerprint density at radius 2 is 1.94 bits per heavy atom. The van der Waals surface area contributed by atoms with E-state index in [0.717, 1.165) is 13.1 Å². The number of anilines is 2. The first-order valence-corrected chi connectivity index (χ1v) is 6.90. The minimum absolute atomic E-state index is 0.247. The van der Waals surface area contributed by atoms with Crippen molar-refractivity contribution >= 4 is 28.8 Å². The highest BCUT2D eigenvalue weighted by Gasteiger charge is 2.15. The van der Waals surface area contributed by atoms with Crippen LogP contribution in [0.4, 0.5) is 11.9 Å². The van der Waals surface area contributed by atoms with Crippen LogP contribution in [0, 0.1) is 0 Å². The van der Waals surface area contributed by atoms with E-state index >= 15 is 0 Å². The number of amidine groups is 1. The van der Waals surface area contributed by atoms with E-state index in [1.807, 2.05) is 0 Å². The van der Waals surface area contributed by atoms with Gasteiger partial charge in [0, 0.05) is 13.1 Å². The predicted molar refractivity (Wildman–Crippen MR) is 72.7 cm³/mol. The molecule has 1 aromatic heterocycles. The van der Waals surface area contributed by atoms with Crippen LogP contribution in [0.25, 0.3) is 0 Å². The van der Waals surface area contributed by atoms with Gasteiger partial charge in [-0.25, -0.2) is 0 Å². The van der Waals surface area contributed by atoms with Crippen LogP contribution in [-0.4, -0.2) is 33.2 Å². The molecule has 1 aliphatic rings. The van der Waals surface area contributed by atoms with Crippen molar-refractivity contribution in [3.63, 3.8) is 0 Å². The van der Waals surface area contributed by atoms with Crippen LogP contribution in [0.5, 0.6) is 0 Å². The van der Waals surface area contributed by atoms with Gasteiger partial charge in [0.1, 0.15) is 5.82 Å². The maximum atomic E-state index is 5.71. The molecule has 0 amide bonds. The molecule has 8 heteroatoms. The van der Waals surface area contributed by atoms with E-state index < -0.39 is 0 Å². The van der Waals surface area contributed by atoms with Crippen molar-refractivity contribution in [2.75, 3.05) is 23.7 Å². The normalized spacial score (nSPS) is 15.7. The number of hydrogen-bond acceptors (Lipinski definition) is 6. The van der Waals surface area contributed by atoms with Crippen LogP contribution >= 0.6 is 11.8 Å². The fraction of sp³-hybridized carbons (Fsp3) is 0.600. The summed E-state index contributed by atoms with van der Waals surface area (Å²) < 4.78 is 0. The maximum Gasteiger partial charge on any atom is 0.300 e. The maximum absolute atomic E-state index is 5.71. The second kappa shape index (κ2) is 5.85. The van der Waals surface area contributed by atoms with Gasteiger partial charge >= 0.3 is 0 Å². The Kier molecular flexibility index (Phi) is 4.19. The van der Waals surface area contributed by atoms with Gasteiger partial charge < -0.3 is 10.6 Å². The molecule has 0 radical (unpaired) electrons. The summed E-state index contributed by atoms with van der Waals surface area (Å²) in [6, 6.07) is 0. The third kappa shape index (κ3) is 3.46. The SMILES string of the molecule is NC(=[NH2+])SCc1nc(N)nc(N2CCCCC2)n1. The Labute approximate surface area is 110 Å². The Bertz CT molecular complexity index is 430. The van der Waals surface area contributed by atoms with E-state index in [0.29, 0.717) is 22.7 Å². The van der Waals surface area contributed by atoms with Crippen molar-refractivity contribution in [3.05, 3.63) is 5.82 Å². The van der Waals surface area contributed by atoms with Crippen LogP contribution in [0.1, 0.15) is 25.1 Å². The molecule has 1 aromatic rings. The summed E-state index contributed by atoms with van der Waals surface area (Å²) in [6.45, 7) is 1.95. The van der Waals surface area contributed by atoms with Gasteiger partial charge in [-0.2, -0.15) is 15.0 Å². The summed E-state index contributed by atoms with van der Waals surface area (Å²) in [5, 5.41) is 5.70. The molecule has 18 heavy (non-hydrogen) atoms. The molecule has 98 valence electrons. The second-order valence-electron chi connectivity index (χ2n) is 4.15. The van der Waals surface area contributed by atoms with Crippen molar-refractivity contribution in [1.82, 2.24) is 15.0 Å². The van der Waals surface area contributed by atoms with E-state index in [-0.39, 0.29) is 5.95 Å². The first-order chi connectivity index (χ1) is 8.65. The van der Waals surface area contributed by atoms with Crippen molar-refractivity contribution in [2.45, 2.75) is 25.0 Å². The Balaban J connectivity index is 2.12. The lowest BCUT2D eigenvalue weighted by molar-refractivity contribution is -0.110. The predicted octanol–water partition coefficient (Wildman–Crippen LogP) is -1.25. The molecule has 0 spiro atoms. The molecule has 2 heterocycles. The first-order valence-electron chi connectivity index (χ1n) is 5.91. The quantitative estimate of drug-likeness (QED) is 0.463. The topological polar surface area (TPSA) is 120 Å². The van der Waals surface area contributed by atoms with Gasteiger partial charge in [0.25, 0.3) is 5.17 Å². The fourth-order valence-corrected chi connectivity index (χ4v) is 2.30. The smallest absolute Gasteiger partial charge is 0.300 e. The molecule has 0 atom stereocenters. The molecule has 2 rings (SSSR count). The molecule has 0 aromatic carbocycles. The Morgan fingerprint density at radius 3 is 2.61 bits per heavy atom. The second-order valence-corrected chi connectivity index (χ2v) is 5.20. The molecule has 7 nitrogen and oxygen atoms in total. The number of aromatic nitrogens is 3. The molecule has 6 N–H and O–H groups in total. The van der Waals surface area contributed by atoms with Crippen LogP contribution in [0.3, 0.4) is 0 Å². The highest BCUT2D eigenvalue weighted by Crippen LogP contribution is 2.17. The molecule has 0 aliphatic carbocycles. The zero-order valence-corrected chi connectivity index (χ0v) is 11.0. The molecule has 0 unspecified atom stereocenters. The highest BCUT2D eigenvalue weighted by atomic mass is 32.2. The number of nitrogens with zero attached hydrogens (tertiary/aromatic N) is 4. The van der Waals surface area contributed by atoms with Crippen LogP contribution in [0.2, 0.25) is 0 Å². The van der Waals surface area contributed by atoms with Crippen LogP contribution in [0.15, 0.2) is 0 Å². The van der Waals surface area contributed by atoms with Crippen molar-refractivity contribution in [1.29, 1.82) is 0 Å². The van der Waals surface area contributed by atoms with E-state index in [1.165, 1.54) is 31.0 Å². The standard InChI is InChI=1S/C10H17N7S/c11-8(12)18-6-7-14-9(13)16-10(15-7)17-4-2-1-3-5-17/h1-6H2,(H3,11,12)(H2,13,14,15,16)/p+1.